The molecule has 21 heavy (non-hydrogen) atoms. The van der Waals surface area contributed by atoms with Crippen LogP contribution in [0, 0.1) is 0 Å². The number of aromatic nitrogens is 1. The van der Waals surface area contributed by atoms with Gasteiger partial charge in [0.25, 0.3) is 0 Å². The van der Waals surface area contributed by atoms with Crippen LogP contribution in [0.15, 0.2) is 12.3 Å². The lowest BCUT2D eigenvalue weighted by Gasteiger charge is -2.42. The summed E-state index contributed by atoms with van der Waals surface area (Å²) in [6.45, 7) is 0.964. The number of hydrogen-bond acceptors (Lipinski definition) is 5. The van der Waals surface area contributed by atoms with Crippen LogP contribution in [0.5, 0.6) is 0 Å². The van der Waals surface area contributed by atoms with Gasteiger partial charge in [0.1, 0.15) is 5.15 Å². The van der Waals surface area contributed by atoms with Crippen LogP contribution in [0.2, 0.25) is 5.15 Å². The summed E-state index contributed by atoms with van der Waals surface area (Å²) in [7, 11) is 0. The van der Waals surface area contributed by atoms with Gasteiger partial charge in [-0.05, 0) is 12.5 Å². The quantitative estimate of drug-likeness (QED) is 0.638. The molecule has 0 bridgehead atoms. The number of rotatable bonds is 4. The molecule has 1 aromatic rings. The fourth-order valence-electron chi connectivity index (χ4n) is 2.54. The Hall–Kier alpha value is -1.86. The number of anilines is 1. The molecule has 1 fully saturated rings. The van der Waals surface area contributed by atoms with Crippen molar-refractivity contribution in [2.75, 3.05) is 31.1 Å². The number of carbonyl (C=O) groups is 2. The molecule has 0 aliphatic carbocycles. The summed E-state index contributed by atoms with van der Waals surface area (Å²) >= 11 is 5.93. The molecule has 0 radical (unpaired) electrons. The molecule has 1 aromatic heterocycles. The lowest BCUT2D eigenvalue weighted by Crippen LogP contribution is -2.55. The second kappa shape index (κ2) is 6.73. The number of pyridine rings is 1. The standard InChI is InChI=1S/C13H16ClN3O4/c14-12-10(8-19)11(1-3-15-12)17-5-4-16(13(20)21)7-9(17)2-6-18/h1,3,8-9,18H,2,4-7H2,(H,20,21)/t9-/m0/s1. The Morgan fingerprint density at radius 3 is 2.90 bits per heavy atom. The first kappa shape index (κ1) is 15.5. The number of hydrogen-bond donors (Lipinski definition) is 2. The van der Waals surface area contributed by atoms with Gasteiger partial charge in [0.15, 0.2) is 6.29 Å². The summed E-state index contributed by atoms with van der Waals surface area (Å²) < 4.78 is 0. The summed E-state index contributed by atoms with van der Waals surface area (Å²) in [5.74, 6) is 0. The Balaban J connectivity index is 2.31. The molecule has 0 saturated carbocycles. The third kappa shape index (κ3) is 3.25. The largest absolute Gasteiger partial charge is 0.465 e. The van der Waals surface area contributed by atoms with Gasteiger partial charge in [-0.25, -0.2) is 9.78 Å². The van der Waals surface area contributed by atoms with Gasteiger partial charge in [-0.15, -0.1) is 0 Å². The molecule has 7 nitrogen and oxygen atoms in total. The molecule has 2 N–H and O–H groups in total. The predicted octanol–water partition coefficient (Wildman–Crippen LogP) is 1.10. The normalized spacial score (nSPS) is 18.7. The zero-order valence-corrected chi connectivity index (χ0v) is 12.0. The third-order valence-electron chi connectivity index (χ3n) is 3.56. The summed E-state index contributed by atoms with van der Waals surface area (Å²) in [6, 6.07) is 1.47. The van der Waals surface area contributed by atoms with E-state index in [1.165, 1.54) is 11.1 Å². The molecule has 1 atom stereocenters. The van der Waals surface area contributed by atoms with E-state index in [0.717, 1.165) is 0 Å². The van der Waals surface area contributed by atoms with Gasteiger partial charge in [-0.1, -0.05) is 11.6 Å². The first-order valence-electron chi connectivity index (χ1n) is 6.53. The molecule has 0 aromatic carbocycles. The van der Waals surface area contributed by atoms with E-state index in [9.17, 15) is 14.7 Å². The van der Waals surface area contributed by atoms with Crippen molar-refractivity contribution < 1.29 is 19.8 Å². The van der Waals surface area contributed by atoms with Crippen molar-refractivity contribution in [1.82, 2.24) is 9.88 Å². The van der Waals surface area contributed by atoms with Gasteiger partial charge in [0, 0.05) is 38.5 Å². The topological polar surface area (TPSA) is 94.0 Å². The van der Waals surface area contributed by atoms with Crippen LogP contribution < -0.4 is 4.90 Å². The highest BCUT2D eigenvalue weighted by Gasteiger charge is 2.30. The van der Waals surface area contributed by atoms with Gasteiger partial charge >= 0.3 is 6.09 Å². The Morgan fingerprint density at radius 1 is 1.52 bits per heavy atom. The second-order valence-corrected chi connectivity index (χ2v) is 5.10. The van der Waals surface area contributed by atoms with Crippen LogP contribution in [0.1, 0.15) is 16.8 Å². The second-order valence-electron chi connectivity index (χ2n) is 4.74. The van der Waals surface area contributed by atoms with E-state index in [-0.39, 0.29) is 29.9 Å². The van der Waals surface area contributed by atoms with E-state index in [0.29, 0.717) is 31.5 Å². The van der Waals surface area contributed by atoms with Crippen LogP contribution in [0.4, 0.5) is 10.5 Å². The molecule has 1 aliphatic heterocycles. The van der Waals surface area contributed by atoms with E-state index in [4.69, 9.17) is 16.7 Å². The molecule has 2 rings (SSSR count). The van der Waals surface area contributed by atoms with Crippen LogP contribution in [0.25, 0.3) is 0 Å². The average molecular weight is 314 g/mol. The van der Waals surface area contributed by atoms with Crippen molar-refractivity contribution in [2.45, 2.75) is 12.5 Å². The Morgan fingerprint density at radius 2 is 2.29 bits per heavy atom. The fraction of sp³-hybridized carbons (Fsp3) is 0.462. The molecule has 2 heterocycles. The number of nitrogens with zero attached hydrogens (tertiary/aromatic N) is 3. The molecule has 0 unspecified atom stereocenters. The molecule has 1 amide bonds. The van der Waals surface area contributed by atoms with E-state index in [2.05, 4.69) is 4.98 Å². The number of aliphatic hydroxyl groups is 1. The fourth-order valence-corrected chi connectivity index (χ4v) is 2.74. The van der Waals surface area contributed by atoms with Gasteiger partial charge < -0.3 is 20.0 Å². The maximum Gasteiger partial charge on any atom is 0.407 e. The van der Waals surface area contributed by atoms with Gasteiger partial charge in [0.05, 0.1) is 11.3 Å². The zero-order valence-electron chi connectivity index (χ0n) is 11.3. The maximum atomic E-state index is 11.2. The van der Waals surface area contributed by atoms with E-state index in [1.807, 2.05) is 4.90 Å². The Bertz CT molecular complexity index is 540. The van der Waals surface area contributed by atoms with Gasteiger partial charge in [-0.3, -0.25) is 4.79 Å². The van der Waals surface area contributed by atoms with Gasteiger partial charge in [-0.2, -0.15) is 0 Å². The minimum absolute atomic E-state index is 0.0656. The van der Waals surface area contributed by atoms with Crippen molar-refractivity contribution in [3.05, 3.63) is 23.0 Å². The predicted molar refractivity (Wildman–Crippen MR) is 77.1 cm³/mol. The van der Waals surface area contributed by atoms with E-state index >= 15 is 0 Å². The van der Waals surface area contributed by atoms with Crippen molar-refractivity contribution in [3.8, 4) is 0 Å². The monoisotopic (exact) mass is 313 g/mol. The molecule has 1 aliphatic rings. The number of amides is 1. The van der Waals surface area contributed by atoms with Crippen molar-refractivity contribution in [1.29, 1.82) is 0 Å². The van der Waals surface area contributed by atoms with Crippen molar-refractivity contribution in [2.24, 2.45) is 0 Å². The summed E-state index contributed by atoms with van der Waals surface area (Å²) in [5.41, 5.74) is 0.902. The number of aldehydes is 1. The highest BCUT2D eigenvalue weighted by Crippen LogP contribution is 2.28. The first-order chi connectivity index (χ1) is 10.1. The SMILES string of the molecule is O=Cc1c(N2CCN(C(=O)O)C[C@@H]2CCO)ccnc1Cl. The zero-order chi connectivity index (χ0) is 15.4. The average Bonchev–Trinajstić information content (AvgIpc) is 2.47. The van der Waals surface area contributed by atoms with Gasteiger partial charge in [0.2, 0.25) is 0 Å². The first-order valence-corrected chi connectivity index (χ1v) is 6.91. The molecule has 1 saturated heterocycles. The number of halogens is 1. The lowest BCUT2D eigenvalue weighted by molar-refractivity contribution is 0.112. The molecular formula is C13H16ClN3O4. The molecule has 0 spiro atoms. The Labute approximate surface area is 126 Å². The highest BCUT2D eigenvalue weighted by molar-refractivity contribution is 6.32. The maximum absolute atomic E-state index is 11.2. The van der Waals surface area contributed by atoms with Crippen molar-refractivity contribution in [3.63, 3.8) is 0 Å². The Kier molecular flexibility index (Phi) is 4.98. The minimum atomic E-state index is -0.985. The van der Waals surface area contributed by atoms with E-state index < -0.39 is 6.09 Å². The number of piperazine rings is 1. The highest BCUT2D eigenvalue weighted by atomic mass is 35.5. The van der Waals surface area contributed by atoms with E-state index in [1.54, 1.807) is 6.07 Å². The van der Waals surface area contributed by atoms with Crippen LogP contribution >= 0.6 is 11.6 Å². The van der Waals surface area contributed by atoms with Crippen molar-refractivity contribution >= 4 is 29.7 Å². The van der Waals surface area contributed by atoms with Crippen LogP contribution in [-0.2, 0) is 0 Å². The number of carbonyl (C=O) groups excluding carboxylic acids is 1. The molecular weight excluding hydrogens is 298 g/mol. The minimum Gasteiger partial charge on any atom is -0.465 e. The molecule has 114 valence electrons. The third-order valence-corrected chi connectivity index (χ3v) is 3.86. The summed E-state index contributed by atoms with van der Waals surface area (Å²) in [6.07, 6.45) is 1.57. The van der Waals surface area contributed by atoms with Crippen LogP contribution in [0.3, 0.4) is 0 Å². The summed E-state index contributed by atoms with van der Waals surface area (Å²) in [4.78, 5) is 29.4. The summed E-state index contributed by atoms with van der Waals surface area (Å²) in [5, 5.41) is 18.4. The van der Waals surface area contributed by atoms with Crippen LogP contribution in [-0.4, -0.2) is 64.8 Å². The number of carboxylic acid groups (broad SMARTS) is 1. The lowest BCUT2D eigenvalue weighted by atomic mass is 10.1. The smallest absolute Gasteiger partial charge is 0.407 e. The molecule has 8 heteroatoms. The number of aliphatic hydroxyl groups excluding tert-OH is 1.